The van der Waals surface area contributed by atoms with Gasteiger partial charge in [-0.15, -0.1) is 0 Å². The maximum Gasteiger partial charge on any atom is 0.237 e. The number of nitrogens with zero attached hydrogens (tertiary/aromatic N) is 3. The van der Waals surface area contributed by atoms with Gasteiger partial charge in [0.2, 0.25) is 5.91 Å². The molecule has 1 aromatic carbocycles. The van der Waals surface area contributed by atoms with Gasteiger partial charge in [-0.05, 0) is 37.6 Å². The van der Waals surface area contributed by atoms with Crippen LogP contribution in [0.3, 0.4) is 0 Å². The summed E-state index contributed by atoms with van der Waals surface area (Å²) in [5, 5.41) is 10.9. The molecule has 1 fully saturated rings. The second-order valence-electron chi connectivity index (χ2n) is 7.24. The Bertz CT molecular complexity index is 1000. The van der Waals surface area contributed by atoms with Gasteiger partial charge in [0.1, 0.15) is 5.78 Å². The number of benzene rings is 1. The van der Waals surface area contributed by atoms with Gasteiger partial charge in [0, 0.05) is 48.7 Å². The van der Waals surface area contributed by atoms with Gasteiger partial charge in [0.05, 0.1) is 17.4 Å². The summed E-state index contributed by atoms with van der Waals surface area (Å²) in [6.07, 6.45) is 5.93. The molecule has 0 saturated carbocycles. The van der Waals surface area contributed by atoms with E-state index in [1.165, 1.54) is 0 Å². The molecule has 1 aliphatic heterocycles. The number of hydrogen-bond acceptors (Lipinski definition) is 5. The number of ketones is 1. The van der Waals surface area contributed by atoms with Crippen molar-refractivity contribution in [3.63, 3.8) is 0 Å². The molecule has 0 bridgehead atoms. The van der Waals surface area contributed by atoms with Gasteiger partial charge < -0.3 is 10.6 Å². The monoisotopic (exact) mass is 389 g/mol. The fraction of sp³-hybridized carbons (Fsp3) is 0.273. The van der Waals surface area contributed by atoms with Crippen molar-refractivity contribution in [1.82, 2.24) is 25.4 Å². The van der Waals surface area contributed by atoms with Crippen LogP contribution in [0.2, 0.25) is 0 Å². The van der Waals surface area contributed by atoms with E-state index in [1.807, 2.05) is 53.3 Å². The first-order valence-corrected chi connectivity index (χ1v) is 9.67. The number of rotatable bonds is 6. The number of hydrogen-bond donors (Lipinski definition) is 2. The van der Waals surface area contributed by atoms with Crippen molar-refractivity contribution in [2.24, 2.45) is 5.92 Å². The van der Waals surface area contributed by atoms with Crippen LogP contribution in [0.4, 0.5) is 0 Å². The molecule has 4 rings (SSSR count). The van der Waals surface area contributed by atoms with Crippen LogP contribution in [0, 0.1) is 5.92 Å². The van der Waals surface area contributed by atoms with Crippen LogP contribution >= 0.6 is 0 Å². The quantitative estimate of drug-likeness (QED) is 0.674. The minimum atomic E-state index is -0.336. The third-order valence-electron chi connectivity index (χ3n) is 5.24. The summed E-state index contributed by atoms with van der Waals surface area (Å²) in [4.78, 5) is 28.2. The van der Waals surface area contributed by atoms with Crippen LogP contribution in [0.15, 0.2) is 61.1 Å². The number of carbonyl (C=O) groups is 2. The highest BCUT2D eigenvalue weighted by Crippen LogP contribution is 2.23. The molecule has 29 heavy (non-hydrogen) atoms. The summed E-state index contributed by atoms with van der Waals surface area (Å²) in [5.41, 5.74) is 3.60. The molecule has 0 aliphatic carbocycles. The molecule has 1 saturated heterocycles. The lowest BCUT2D eigenvalue weighted by atomic mass is 10.0. The SMILES string of the molecule is CC(=O)C1CNC(C(=O)NCc2cn(-c3ccccc3)nc2-c2ccncc2)C1. The first-order valence-electron chi connectivity index (χ1n) is 9.67. The van der Waals surface area contributed by atoms with E-state index in [0.717, 1.165) is 22.5 Å². The molecule has 0 spiro atoms. The summed E-state index contributed by atoms with van der Waals surface area (Å²) < 4.78 is 1.82. The smallest absolute Gasteiger partial charge is 0.237 e. The molecule has 2 aromatic heterocycles. The fourth-order valence-corrected chi connectivity index (χ4v) is 3.56. The normalized spacial score (nSPS) is 18.5. The summed E-state index contributed by atoms with van der Waals surface area (Å²) in [6, 6.07) is 13.3. The molecule has 2 unspecified atom stereocenters. The Labute approximate surface area is 169 Å². The highest BCUT2D eigenvalue weighted by Gasteiger charge is 2.31. The Kier molecular flexibility index (Phi) is 5.48. The molecule has 7 heteroatoms. The van der Waals surface area contributed by atoms with E-state index in [9.17, 15) is 9.59 Å². The van der Waals surface area contributed by atoms with E-state index in [4.69, 9.17) is 5.10 Å². The van der Waals surface area contributed by atoms with Crippen molar-refractivity contribution in [3.8, 4) is 16.9 Å². The number of pyridine rings is 1. The van der Waals surface area contributed by atoms with Crippen LogP contribution < -0.4 is 10.6 Å². The van der Waals surface area contributed by atoms with Gasteiger partial charge in [-0.2, -0.15) is 5.10 Å². The molecule has 0 radical (unpaired) electrons. The van der Waals surface area contributed by atoms with Crippen LogP contribution in [-0.2, 0) is 16.1 Å². The lowest BCUT2D eigenvalue weighted by Gasteiger charge is -2.11. The molecular weight excluding hydrogens is 366 g/mol. The molecule has 3 heterocycles. The Morgan fingerprint density at radius 3 is 2.62 bits per heavy atom. The van der Waals surface area contributed by atoms with Crippen molar-refractivity contribution in [2.75, 3.05) is 6.54 Å². The predicted molar refractivity (Wildman–Crippen MR) is 109 cm³/mol. The minimum absolute atomic E-state index is 0.0843. The fourth-order valence-electron chi connectivity index (χ4n) is 3.56. The van der Waals surface area contributed by atoms with E-state index in [-0.39, 0.29) is 23.7 Å². The lowest BCUT2D eigenvalue weighted by molar-refractivity contribution is -0.123. The van der Waals surface area contributed by atoms with Gasteiger partial charge in [0.25, 0.3) is 0 Å². The number of para-hydroxylation sites is 1. The van der Waals surface area contributed by atoms with E-state index < -0.39 is 0 Å². The molecule has 7 nitrogen and oxygen atoms in total. The molecule has 2 N–H and O–H groups in total. The van der Waals surface area contributed by atoms with Crippen LogP contribution in [-0.4, -0.2) is 39.0 Å². The summed E-state index contributed by atoms with van der Waals surface area (Å²) in [7, 11) is 0. The molecule has 148 valence electrons. The highest BCUT2D eigenvalue weighted by molar-refractivity contribution is 5.85. The zero-order valence-corrected chi connectivity index (χ0v) is 16.2. The summed E-state index contributed by atoms with van der Waals surface area (Å²) >= 11 is 0. The third kappa shape index (κ3) is 4.25. The van der Waals surface area contributed by atoms with E-state index in [1.54, 1.807) is 19.3 Å². The first kappa shape index (κ1) is 19.0. The maximum absolute atomic E-state index is 12.6. The van der Waals surface area contributed by atoms with E-state index in [2.05, 4.69) is 15.6 Å². The number of nitrogens with one attached hydrogen (secondary N) is 2. The summed E-state index contributed by atoms with van der Waals surface area (Å²) in [6.45, 7) is 2.49. The van der Waals surface area contributed by atoms with Crippen molar-refractivity contribution in [2.45, 2.75) is 25.9 Å². The van der Waals surface area contributed by atoms with E-state index in [0.29, 0.717) is 19.5 Å². The molecular formula is C22H23N5O2. The number of amides is 1. The van der Waals surface area contributed by atoms with Crippen molar-refractivity contribution >= 4 is 11.7 Å². The van der Waals surface area contributed by atoms with Crippen LogP contribution in [0.25, 0.3) is 16.9 Å². The van der Waals surface area contributed by atoms with Gasteiger partial charge >= 0.3 is 0 Å². The highest BCUT2D eigenvalue weighted by atomic mass is 16.2. The zero-order chi connectivity index (χ0) is 20.2. The average molecular weight is 389 g/mol. The largest absolute Gasteiger partial charge is 0.351 e. The zero-order valence-electron chi connectivity index (χ0n) is 16.2. The molecule has 3 aromatic rings. The van der Waals surface area contributed by atoms with Gasteiger partial charge in [-0.25, -0.2) is 4.68 Å². The topological polar surface area (TPSA) is 88.9 Å². The van der Waals surface area contributed by atoms with E-state index >= 15 is 0 Å². The number of aromatic nitrogens is 3. The van der Waals surface area contributed by atoms with Crippen LogP contribution in [0.5, 0.6) is 0 Å². The van der Waals surface area contributed by atoms with Crippen LogP contribution in [0.1, 0.15) is 18.9 Å². The molecule has 1 amide bonds. The molecule has 1 aliphatic rings. The van der Waals surface area contributed by atoms with Gasteiger partial charge in [-0.3, -0.25) is 14.6 Å². The predicted octanol–water partition coefficient (Wildman–Crippen LogP) is 2.12. The maximum atomic E-state index is 12.6. The van der Waals surface area contributed by atoms with Gasteiger partial charge in [-0.1, -0.05) is 18.2 Å². The Morgan fingerprint density at radius 2 is 1.93 bits per heavy atom. The summed E-state index contributed by atoms with van der Waals surface area (Å²) in [5.74, 6) is -0.0576. The Hall–Kier alpha value is -3.32. The molecule has 2 atom stereocenters. The Balaban J connectivity index is 1.54. The third-order valence-corrected chi connectivity index (χ3v) is 5.24. The second-order valence-corrected chi connectivity index (χ2v) is 7.24. The number of Topliss-reactive ketones (excluding diaryl/α,β-unsaturated/α-hetero) is 1. The minimum Gasteiger partial charge on any atom is -0.351 e. The standard InChI is InChI=1S/C22H23N5O2/c1-15(28)17-11-20(24-12-17)22(29)25-13-18-14-27(19-5-3-2-4-6-19)26-21(18)16-7-9-23-10-8-16/h2-10,14,17,20,24H,11-13H2,1H3,(H,25,29). The first-order chi connectivity index (χ1) is 14.1. The van der Waals surface area contributed by atoms with Crippen molar-refractivity contribution < 1.29 is 9.59 Å². The van der Waals surface area contributed by atoms with Crippen molar-refractivity contribution in [1.29, 1.82) is 0 Å². The second kappa shape index (κ2) is 8.36. The van der Waals surface area contributed by atoms with Gasteiger partial charge in [0.15, 0.2) is 0 Å². The number of carbonyl (C=O) groups excluding carboxylic acids is 2. The Morgan fingerprint density at radius 1 is 1.17 bits per heavy atom. The lowest BCUT2D eigenvalue weighted by Crippen LogP contribution is -2.40. The van der Waals surface area contributed by atoms with Crippen molar-refractivity contribution in [3.05, 3.63) is 66.6 Å². The average Bonchev–Trinajstić information content (AvgIpc) is 3.41.